The molecule has 0 unspecified atom stereocenters. The highest BCUT2D eigenvalue weighted by molar-refractivity contribution is 9.10. The number of methoxy groups -OCH3 is 1. The number of thiocarbonyl (C=S) groups is 1. The molecule has 0 atom stereocenters. The van der Waals surface area contributed by atoms with E-state index >= 15 is 0 Å². The number of phenolic OH excluding ortho intramolecular Hbond substituents is 1. The molecule has 1 aliphatic heterocycles. The van der Waals surface area contributed by atoms with Gasteiger partial charge in [-0.05, 0) is 36.0 Å². The van der Waals surface area contributed by atoms with E-state index in [2.05, 4.69) is 27.8 Å². The standard InChI is InChI=1S/C15H13BrN2O4S/c1-3-4-18-14(21)9(13(20)17-15(18)23)5-8-6-12(22-2)11(19)7-10(8)16/h3,5-7,19H,1,4H2,2H3,(H,17,20,23)/b9-5-. The van der Waals surface area contributed by atoms with Crippen molar-refractivity contribution in [2.45, 2.75) is 0 Å². The molecule has 0 spiro atoms. The third-order valence-corrected chi connectivity index (χ3v) is 4.10. The molecule has 8 heteroatoms. The van der Waals surface area contributed by atoms with Gasteiger partial charge in [-0.3, -0.25) is 19.8 Å². The molecule has 1 heterocycles. The normalized spacial score (nSPS) is 16.5. The van der Waals surface area contributed by atoms with Gasteiger partial charge in [-0.1, -0.05) is 22.0 Å². The van der Waals surface area contributed by atoms with E-state index in [0.717, 1.165) is 0 Å². The summed E-state index contributed by atoms with van der Waals surface area (Å²) in [5.74, 6) is -0.936. The van der Waals surface area contributed by atoms with Gasteiger partial charge in [0, 0.05) is 11.0 Å². The Morgan fingerprint density at radius 3 is 2.78 bits per heavy atom. The second-order valence-electron chi connectivity index (χ2n) is 4.57. The summed E-state index contributed by atoms with van der Waals surface area (Å²) in [7, 11) is 1.41. The fourth-order valence-corrected chi connectivity index (χ4v) is 2.67. The van der Waals surface area contributed by atoms with Crippen molar-refractivity contribution >= 4 is 51.2 Å². The van der Waals surface area contributed by atoms with Gasteiger partial charge in [0.2, 0.25) is 0 Å². The molecule has 6 nitrogen and oxygen atoms in total. The number of ether oxygens (including phenoxy) is 1. The average Bonchev–Trinajstić information content (AvgIpc) is 2.49. The van der Waals surface area contributed by atoms with Crippen molar-refractivity contribution in [3.8, 4) is 11.5 Å². The van der Waals surface area contributed by atoms with E-state index < -0.39 is 11.8 Å². The summed E-state index contributed by atoms with van der Waals surface area (Å²) in [6.45, 7) is 3.75. The molecule has 0 aliphatic carbocycles. The molecule has 2 rings (SSSR count). The predicted octanol–water partition coefficient (Wildman–Crippen LogP) is 1.98. The Morgan fingerprint density at radius 2 is 2.17 bits per heavy atom. The molecule has 120 valence electrons. The number of nitrogens with one attached hydrogen (secondary N) is 1. The molecule has 1 fully saturated rings. The van der Waals surface area contributed by atoms with Gasteiger partial charge in [0.15, 0.2) is 16.6 Å². The van der Waals surface area contributed by atoms with Crippen molar-refractivity contribution in [3.05, 3.63) is 40.4 Å². The van der Waals surface area contributed by atoms with Crippen LogP contribution in [-0.2, 0) is 9.59 Å². The minimum absolute atomic E-state index is 0.0411. The van der Waals surface area contributed by atoms with Crippen molar-refractivity contribution in [2.75, 3.05) is 13.7 Å². The van der Waals surface area contributed by atoms with Crippen molar-refractivity contribution in [2.24, 2.45) is 0 Å². The largest absolute Gasteiger partial charge is 0.504 e. The Kier molecular flexibility index (Phi) is 5.17. The number of benzene rings is 1. The highest BCUT2D eigenvalue weighted by atomic mass is 79.9. The molecule has 0 saturated carbocycles. The second kappa shape index (κ2) is 6.93. The highest BCUT2D eigenvalue weighted by Crippen LogP contribution is 2.33. The first kappa shape index (κ1) is 17.2. The molecule has 0 bridgehead atoms. The zero-order valence-corrected chi connectivity index (χ0v) is 14.5. The molecule has 1 aromatic rings. The summed E-state index contributed by atoms with van der Waals surface area (Å²) in [6.07, 6.45) is 2.92. The lowest BCUT2D eigenvalue weighted by atomic mass is 10.1. The van der Waals surface area contributed by atoms with Crippen LogP contribution in [-0.4, -0.2) is 40.6 Å². The third-order valence-electron chi connectivity index (χ3n) is 3.10. The number of rotatable bonds is 4. The molecule has 0 aromatic heterocycles. The fourth-order valence-electron chi connectivity index (χ4n) is 1.98. The van der Waals surface area contributed by atoms with Gasteiger partial charge in [0.05, 0.1) is 7.11 Å². The molecule has 23 heavy (non-hydrogen) atoms. The number of amides is 2. The van der Waals surface area contributed by atoms with E-state index in [1.165, 1.54) is 36.3 Å². The van der Waals surface area contributed by atoms with Crippen molar-refractivity contribution < 1.29 is 19.4 Å². The number of aromatic hydroxyl groups is 1. The maximum Gasteiger partial charge on any atom is 0.265 e. The first-order chi connectivity index (χ1) is 10.9. The van der Waals surface area contributed by atoms with E-state index in [-0.39, 0.29) is 28.7 Å². The van der Waals surface area contributed by atoms with Crippen molar-refractivity contribution in [1.29, 1.82) is 0 Å². The van der Waals surface area contributed by atoms with Crippen LogP contribution in [0.25, 0.3) is 6.08 Å². The molecule has 1 aromatic carbocycles. The van der Waals surface area contributed by atoms with Crippen LogP contribution in [0.4, 0.5) is 0 Å². The van der Waals surface area contributed by atoms with Gasteiger partial charge in [0.1, 0.15) is 5.57 Å². The van der Waals surface area contributed by atoms with E-state index in [9.17, 15) is 14.7 Å². The Bertz CT molecular complexity index is 745. The number of carbonyl (C=O) groups excluding carboxylic acids is 2. The zero-order valence-electron chi connectivity index (χ0n) is 12.1. The summed E-state index contributed by atoms with van der Waals surface area (Å²) in [4.78, 5) is 25.7. The van der Waals surface area contributed by atoms with E-state index in [0.29, 0.717) is 10.0 Å². The molecule has 1 saturated heterocycles. The molecule has 2 N–H and O–H groups in total. The van der Waals surface area contributed by atoms with Gasteiger partial charge in [-0.25, -0.2) is 0 Å². The van der Waals surface area contributed by atoms with Gasteiger partial charge in [0.25, 0.3) is 11.8 Å². The second-order valence-corrected chi connectivity index (χ2v) is 5.81. The van der Waals surface area contributed by atoms with E-state index in [4.69, 9.17) is 17.0 Å². The van der Waals surface area contributed by atoms with Crippen LogP contribution in [0.1, 0.15) is 5.56 Å². The third kappa shape index (κ3) is 3.43. The van der Waals surface area contributed by atoms with Gasteiger partial charge in [-0.15, -0.1) is 6.58 Å². The van der Waals surface area contributed by atoms with Gasteiger partial charge >= 0.3 is 0 Å². The first-order valence-corrected chi connectivity index (χ1v) is 7.65. The summed E-state index contributed by atoms with van der Waals surface area (Å²) in [5, 5.41) is 12.2. The quantitative estimate of drug-likeness (QED) is 0.352. The molecule has 1 aliphatic rings. The lowest BCUT2D eigenvalue weighted by Crippen LogP contribution is -2.53. The monoisotopic (exact) mass is 396 g/mol. The molecular weight excluding hydrogens is 384 g/mol. The van der Waals surface area contributed by atoms with Crippen LogP contribution in [0.2, 0.25) is 0 Å². The number of hydrogen-bond donors (Lipinski definition) is 2. The maximum atomic E-state index is 12.4. The maximum absolute atomic E-state index is 12.4. The van der Waals surface area contributed by atoms with Gasteiger partial charge in [-0.2, -0.15) is 0 Å². The number of phenols is 1. The molecule has 0 radical (unpaired) electrons. The topological polar surface area (TPSA) is 78.9 Å². The smallest absolute Gasteiger partial charge is 0.265 e. The van der Waals surface area contributed by atoms with Crippen LogP contribution in [0.5, 0.6) is 11.5 Å². The molecule has 2 amide bonds. The first-order valence-electron chi connectivity index (χ1n) is 6.45. The van der Waals surface area contributed by atoms with E-state index in [1.807, 2.05) is 0 Å². The van der Waals surface area contributed by atoms with Crippen LogP contribution >= 0.6 is 28.1 Å². The minimum Gasteiger partial charge on any atom is -0.504 e. The van der Waals surface area contributed by atoms with Crippen LogP contribution in [0.3, 0.4) is 0 Å². The Balaban J connectivity index is 2.48. The summed E-state index contributed by atoms with van der Waals surface area (Å²) in [6, 6.07) is 2.93. The van der Waals surface area contributed by atoms with Crippen molar-refractivity contribution in [1.82, 2.24) is 10.2 Å². The van der Waals surface area contributed by atoms with Crippen molar-refractivity contribution in [3.63, 3.8) is 0 Å². The Labute approximate surface area is 146 Å². The highest BCUT2D eigenvalue weighted by Gasteiger charge is 2.32. The average molecular weight is 397 g/mol. The summed E-state index contributed by atoms with van der Waals surface area (Å²) < 4.78 is 5.54. The lowest BCUT2D eigenvalue weighted by Gasteiger charge is -2.27. The zero-order chi connectivity index (χ0) is 17.1. The predicted molar refractivity (Wildman–Crippen MR) is 93.0 cm³/mol. The number of nitrogens with zero attached hydrogens (tertiary/aromatic N) is 1. The Morgan fingerprint density at radius 1 is 1.48 bits per heavy atom. The van der Waals surface area contributed by atoms with Crippen LogP contribution in [0.15, 0.2) is 34.8 Å². The number of carbonyl (C=O) groups is 2. The van der Waals surface area contributed by atoms with Crippen LogP contribution < -0.4 is 10.1 Å². The van der Waals surface area contributed by atoms with Crippen LogP contribution in [0, 0.1) is 0 Å². The Hall–Kier alpha value is -2.19. The van der Waals surface area contributed by atoms with E-state index in [1.54, 1.807) is 0 Å². The lowest BCUT2D eigenvalue weighted by molar-refractivity contribution is -0.128. The summed E-state index contributed by atoms with van der Waals surface area (Å²) in [5.41, 5.74) is 0.429. The molecular formula is C15H13BrN2O4S. The number of halogens is 1. The fraction of sp³-hybridized carbons (Fsp3) is 0.133. The number of hydrogen-bond acceptors (Lipinski definition) is 5. The minimum atomic E-state index is -0.584. The SMILES string of the molecule is C=CCN1C(=O)/C(=C\c2cc(OC)c(O)cc2Br)C(=O)NC1=S. The van der Waals surface area contributed by atoms with Gasteiger partial charge < -0.3 is 9.84 Å². The summed E-state index contributed by atoms with van der Waals surface area (Å²) >= 11 is 8.26.